The van der Waals surface area contributed by atoms with Gasteiger partial charge in [-0.1, -0.05) is 25.7 Å². The molecule has 0 bridgehead atoms. The van der Waals surface area contributed by atoms with Crippen molar-refractivity contribution in [2.24, 2.45) is 5.41 Å². The van der Waals surface area contributed by atoms with Gasteiger partial charge in [0, 0.05) is 19.0 Å². The van der Waals surface area contributed by atoms with Crippen LogP contribution in [0.25, 0.3) is 0 Å². The zero-order valence-electron chi connectivity index (χ0n) is 15.3. The Morgan fingerprint density at radius 3 is 2.31 bits per heavy atom. The molecule has 0 aliphatic heterocycles. The summed E-state index contributed by atoms with van der Waals surface area (Å²) < 4.78 is 5.25. The van der Waals surface area contributed by atoms with E-state index in [0.717, 1.165) is 25.7 Å². The van der Waals surface area contributed by atoms with Crippen LogP contribution in [0.3, 0.4) is 0 Å². The van der Waals surface area contributed by atoms with Crippen molar-refractivity contribution in [2.75, 3.05) is 17.7 Å². The second kappa shape index (κ2) is 8.69. The van der Waals surface area contributed by atoms with Gasteiger partial charge in [-0.2, -0.15) is 0 Å². The number of aliphatic carboxylic acids is 1. The summed E-state index contributed by atoms with van der Waals surface area (Å²) in [7, 11) is 1.48. The molecule has 7 heteroatoms. The first-order valence-electron chi connectivity index (χ1n) is 8.85. The van der Waals surface area contributed by atoms with Crippen LogP contribution in [0.4, 0.5) is 11.4 Å². The minimum atomic E-state index is -1.01. The van der Waals surface area contributed by atoms with E-state index in [1.165, 1.54) is 14.0 Å². The third-order valence-electron chi connectivity index (χ3n) is 4.81. The molecule has 0 saturated heterocycles. The lowest BCUT2D eigenvalue weighted by molar-refractivity contribution is -0.152. The number of methoxy groups -OCH3 is 1. The highest BCUT2D eigenvalue weighted by molar-refractivity contribution is 5.97. The van der Waals surface area contributed by atoms with Gasteiger partial charge in [-0.25, -0.2) is 0 Å². The quantitative estimate of drug-likeness (QED) is 0.673. The predicted octanol–water partition coefficient (Wildman–Crippen LogP) is 3.41. The van der Waals surface area contributed by atoms with Crippen LogP contribution in [0.15, 0.2) is 18.2 Å². The molecule has 1 aliphatic rings. The second-order valence-electron chi connectivity index (χ2n) is 6.82. The number of hydrogen-bond acceptors (Lipinski definition) is 4. The summed E-state index contributed by atoms with van der Waals surface area (Å²) in [5, 5.41) is 15.1. The number of carboxylic acids is 1. The highest BCUT2D eigenvalue weighted by Gasteiger charge is 2.40. The fourth-order valence-electron chi connectivity index (χ4n) is 3.46. The lowest BCUT2D eigenvalue weighted by Gasteiger charge is -2.27. The summed E-state index contributed by atoms with van der Waals surface area (Å²) in [4.78, 5) is 35.7. The molecule has 1 aromatic rings. The molecular formula is C19H26N2O5. The number of anilines is 2. The number of amides is 2. The van der Waals surface area contributed by atoms with Gasteiger partial charge >= 0.3 is 5.97 Å². The van der Waals surface area contributed by atoms with Crippen LogP contribution < -0.4 is 15.4 Å². The van der Waals surface area contributed by atoms with Crippen molar-refractivity contribution in [1.29, 1.82) is 0 Å². The minimum Gasteiger partial charge on any atom is -0.495 e. The summed E-state index contributed by atoms with van der Waals surface area (Å²) in [6.45, 7) is 1.39. The molecule has 26 heavy (non-hydrogen) atoms. The molecule has 2 rings (SSSR count). The van der Waals surface area contributed by atoms with Crippen molar-refractivity contribution in [1.82, 2.24) is 0 Å². The molecule has 0 aromatic heterocycles. The van der Waals surface area contributed by atoms with Gasteiger partial charge in [0.2, 0.25) is 11.8 Å². The summed E-state index contributed by atoms with van der Waals surface area (Å²) in [5.74, 6) is -1.06. The second-order valence-corrected chi connectivity index (χ2v) is 6.82. The summed E-state index contributed by atoms with van der Waals surface area (Å²) >= 11 is 0. The normalized spacial score (nSPS) is 16.2. The summed E-state index contributed by atoms with van der Waals surface area (Å²) in [6, 6.07) is 4.90. The van der Waals surface area contributed by atoms with E-state index in [1.807, 2.05) is 0 Å². The first-order chi connectivity index (χ1) is 12.4. The fraction of sp³-hybridized carbons (Fsp3) is 0.526. The SMILES string of the molecule is COc1ccc(NC(C)=O)cc1NC(=O)CC1(C(=O)O)CCCCCC1. The number of carboxylic acid groups (broad SMARTS) is 1. The third kappa shape index (κ3) is 4.97. The van der Waals surface area contributed by atoms with Crippen molar-refractivity contribution in [3.05, 3.63) is 18.2 Å². The van der Waals surface area contributed by atoms with E-state index >= 15 is 0 Å². The first kappa shape index (κ1) is 19.8. The maximum Gasteiger partial charge on any atom is 0.310 e. The van der Waals surface area contributed by atoms with Gasteiger partial charge in [-0.15, -0.1) is 0 Å². The molecule has 3 N–H and O–H groups in total. The van der Waals surface area contributed by atoms with E-state index in [2.05, 4.69) is 10.6 Å². The molecule has 1 saturated carbocycles. The molecule has 1 fully saturated rings. The van der Waals surface area contributed by atoms with Crippen molar-refractivity contribution in [3.8, 4) is 5.75 Å². The first-order valence-corrected chi connectivity index (χ1v) is 8.85. The van der Waals surface area contributed by atoms with Crippen molar-refractivity contribution >= 4 is 29.2 Å². The van der Waals surface area contributed by atoms with Crippen LogP contribution in [0.1, 0.15) is 51.9 Å². The number of carbonyl (C=O) groups excluding carboxylic acids is 2. The number of carbonyl (C=O) groups is 3. The lowest BCUT2D eigenvalue weighted by atomic mass is 9.77. The maximum absolute atomic E-state index is 12.6. The Balaban J connectivity index is 2.17. The van der Waals surface area contributed by atoms with Crippen LogP contribution >= 0.6 is 0 Å². The van der Waals surface area contributed by atoms with Crippen LogP contribution in [0, 0.1) is 5.41 Å². The molecule has 0 spiro atoms. The Kier molecular flexibility index (Phi) is 6.60. The van der Waals surface area contributed by atoms with Gasteiger partial charge in [0.25, 0.3) is 0 Å². The van der Waals surface area contributed by atoms with E-state index < -0.39 is 11.4 Å². The molecule has 142 valence electrons. The third-order valence-corrected chi connectivity index (χ3v) is 4.81. The van der Waals surface area contributed by atoms with Gasteiger partial charge in [0.15, 0.2) is 0 Å². The number of hydrogen-bond donors (Lipinski definition) is 3. The van der Waals surface area contributed by atoms with E-state index in [-0.39, 0.29) is 18.2 Å². The number of ether oxygens (including phenoxy) is 1. The molecule has 1 aliphatic carbocycles. The molecule has 0 heterocycles. The van der Waals surface area contributed by atoms with Crippen molar-refractivity contribution in [2.45, 2.75) is 51.9 Å². The fourth-order valence-corrected chi connectivity index (χ4v) is 3.46. The van der Waals surface area contributed by atoms with Crippen LogP contribution in [-0.4, -0.2) is 30.0 Å². The average Bonchev–Trinajstić information content (AvgIpc) is 2.81. The van der Waals surface area contributed by atoms with Gasteiger partial charge in [0.1, 0.15) is 5.75 Å². The molecule has 0 radical (unpaired) electrons. The van der Waals surface area contributed by atoms with Crippen LogP contribution in [0.5, 0.6) is 5.75 Å². The lowest BCUT2D eigenvalue weighted by Crippen LogP contribution is -2.35. The minimum absolute atomic E-state index is 0.0736. The monoisotopic (exact) mass is 362 g/mol. The molecule has 2 amide bonds. The van der Waals surface area contributed by atoms with Gasteiger partial charge in [-0.05, 0) is 31.0 Å². The number of nitrogens with one attached hydrogen (secondary N) is 2. The van der Waals surface area contributed by atoms with E-state index in [4.69, 9.17) is 4.74 Å². The number of rotatable bonds is 6. The molecule has 0 atom stereocenters. The summed E-state index contributed by atoms with van der Waals surface area (Å²) in [5.41, 5.74) is -0.0859. The van der Waals surface area contributed by atoms with Gasteiger partial charge in [0.05, 0.1) is 18.2 Å². The predicted molar refractivity (Wildman–Crippen MR) is 98.3 cm³/mol. The molecule has 0 unspecified atom stereocenters. The Morgan fingerprint density at radius 2 is 1.77 bits per heavy atom. The molecule has 1 aromatic carbocycles. The Bertz CT molecular complexity index is 679. The van der Waals surface area contributed by atoms with Crippen LogP contribution in [0.2, 0.25) is 0 Å². The highest BCUT2D eigenvalue weighted by atomic mass is 16.5. The van der Waals surface area contributed by atoms with E-state index in [1.54, 1.807) is 18.2 Å². The van der Waals surface area contributed by atoms with Gasteiger partial charge < -0.3 is 20.5 Å². The Labute approximate surface area is 153 Å². The van der Waals surface area contributed by atoms with E-state index in [9.17, 15) is 19.5 Å². The topological polar surface area (TPSA) is 105 Å². The maximum atomic E-state index is 12.6. The Morgan fingerprint density at radius 1 is 1.12 bits per heavy atom. The Hall–Kier alpha value is -2.57. The standard InChI is InChI=1S/C19H26N2O5/c1-13(22)20-14-7-8-16(26-2)15(11-14)21-17(23)12-19(18(24)25)9-5-3-4-6-10-19/h7-8,11H,3-6,9-10,12H2,1-2H3,(H,20,22)(H,21,23)(H,24,25). The highest BCUT2D eigenvalue weighted by Crippen LogP contribution is 2.39. The zero-order chi connectivity index (χ0) is 19.2. The molecule has 7 nitrogen and oxygen atoms in total. The van der Waals surface area contributed by atoms with Crippen LogP contribution in [-0.2, 0) is 14.4 Å². The number of benzene rings is 1. The van der Waals surface area contributed by atoms with Gasteiger partial charge in [-0.3, -0.25) is 14.4 Å². The van der Waals surface area contributed by atoms with Crippen molar-refractivity contribution in [3.63, 3.8) is 0 Å². The smallest absolute Gasteiger partial charge is 0.310 e. The largest absolute Gasteiger partial charge is 0.495 e. The molecular weight excluding hydrogens is 336 g/mol. The average molecular weight is 362 g/mol. The summed E-state index contributed by atoms with van der Waals surface area (Å²) in [6.07, 6.45) is 4.60. The zero-order valence-corrected chi connectivity index (χ0v) is 15.3. The van der Waals surface area contributed by atoms with Crippen molar-refractivity contribution < 1.29 is 24.2 Å². The van der Waals surface area contributed by atoms with E-state index in [0.29, 0.717) is 30.0 Å².